The molecule has 0 atom stereocenters. The average molecular weight is 251 g/mol. The monoisotopic (exact) mass is 251 g/mol. The van der Waals surface area contributed by atoms with E-state index in [2.05, 4.69) is 10.6 Å². The van der Waals surface area contributed by atoms with Crippen LogP contribution in [0.15, 0.2) is 18.2 Å². The van der Waals surface area contributed by atoms with Crippen molar-refractivity contribution in [3.63, 3.8) is 0 Å². The number of hydrogen-bond acceptors (Lipinski definition) is 4. The molecule has 6 heteroatoms. The van der Waals surface area contributed by atoms with E-state index in [4.69, 9.17) is 0 Å². The Morgan fingerprint density at radius 2 is 2.17 bits per heavy atom. The minimum absolute atomic E-state index is 0.00863. The molecule has 0 spiro atoms. The molecule has 18 heavy (non-hydrogen) atoms. The van der Waals surface area contributed by atoms with Gasteiger partial charge in [-0.2, -0.15) is 0 Å². The second-order valence-electron chi connectivity index (χ2n) is 3.98. The number of amides is 1. The van der Waals surface area contributed by atoms with E-state index in [1.54, 1.807) is 19.1 Å². The fourth-order valence-corrected chi connectivity index (χ4v) is 1.47. The topological polar surface area (TPSA) is 84.3 Å². The van der Waals surface area contributed by atoms with Crippen molar-refractivity contribution >= 4 is 17.3 Å². The SMILES string of the molecule is CCCNCC(=O)Nc1ccc(C)c([N+](=O)[O-])c1. The molecular weight excluding hydrogens is 234 g/mol. The number of anilines is 1. The van der Waals surface area contributed by atoms with Gasteiger partial charge in [0.25, 0.3) is 5.69 Å². The van der Waals surface area contributed by atoms with Crippen LogP contribution in [-0.2, 0) is 4.79 Å². The number of aryl methyl sites for hydroxylation is 1. The van der Waals surface area contributed by atoms with Crippen LogP contribution in [0.2, 0.25) is 0 Å². The molecule has 1 aromatic carbocycles. The number of benzene rings is 1. The Hall–Kier alpha value is -1.95. The molecular formula is C12H17N3O3. The minimum atomic E-state index is -0.458. The van der Waals surface area contributed by atoms with Gasteiger partial charge in [-0.1, -0.05) is 13.0 Å². The van der Waals surface area contributed by atoms with Gasteiger partial charge in [-0.3, -0.25) is 14.9 Å². The zero-order valence-corrected chi connectivity index (χ0v) is 10.5. The van der Waals surface area contributed by atoms with Crippen LogP contribution >= 0.6 is 0 Å². The maximum Gasteiger partial charge on any atom is 0.274 e. The van der Waals surface area contributed by atoms with E-state index in [1.165, 1.54) is 6.07 Å². The van der Waals surface area contributed by atoms with E-state index in [0.29, 0.717) is 11.3 Å². The summed E-state index contributed by atoms with van der Waals surface area (Å²) in [4.78, 5) is 21.8. The third-order valence-corrected chi connectivity index (χ3v) is 2.40. The van der Waals surface area contributed by atoms with Gasteiger partial charge in [0, 0.05) is 17.3 Å². The number of nitro benzene ring substituents is 1. The van der Waals surface area contributed by atoms with E-state index in [-0.39, 0.29) is 18.1 Å². The number of hydrogen-bond donors (Lipinski definition) is 2. The van der Waals surface area contributed by atoms with Crippen LogP contribution in [0.5, 0.6) is 0 Å². The number of carbonyl (C=O) groups excluding carboxylic acids is 1. The largest absolute Gasteiger partial charge is 0.325 e. The van der Waals surface area contributed by atoms with Gasteiger partial charge in [0.2, 0.25) is 5.91 Å². The molecule has 0 saturated carbocycles. The van der Waals surface area contributed by atoms with Gasteiger partial charge in [0.05, 0.1) is 11.5 Å². The smallest absolute Gasteiger partial charge is 0.274 e. The molecule has 98 valence electrons. The Labute approximate surface area is 106 Å². The average Bonchev–Trinajstić information content (AvgIpc) is 2.31. The van der Waals surface area contributed by atoms with Crippen LogP contribution in [-0.4, -0.2) is 23.9 Å². The van der Waals surface area contributed by atoms with Crippen LogP contribution in [0.4, 0.5) is 11.4 Å². The summed E-state index contributed by atoms with van der Waals surface area (Å²) in [5, 5.41) is 16.3. The van der Waals surface area contributed by atoms with Crippen LogP contribution in [0.3, 0.4) is 0 Å². The van der Waals surface area contributed by atoms with Crippen LogP contribution in [0.1, 0.15) is 18.9 Å². The van der Waals surface area contributed by atoms with E-state index in [0.717, 1.165) is 13.0 Å². The number of nitrogens with one attached hydrogen (secondary N) is 2. The molecule has 1 aromatic rings. The first-order valence-electron chi connectivity index (χ1n) is 5.80. The van der Waals surface area contributed by atoms with Crippen LogP contribution in [0.25, 0.3) is 0 Å². The number of carbonyl (C=O) groups is 1. The molecule has 1 amide bonds. The molecule has 0 fully saturated rings. The molecule has 0 aromatic heterocycles. The van der Waals surface area contributed by atoms with E-state index in [1.807, 2.05) is 6.92 Å². The summed E-state index contributed by atoms with van der Waals surface area (Å²) in [6, 6.07) is 4.64. The number of nitro groups is 1. The number of nitrogens with zero attached hydrogens (tertiary/aromatic N) is 1. The standard InChI is InChI=1S/C12H17N3O3/c1-3-6-13-8-12(16)14-10-5-4-9(2)11(7-10)15(17)18/h4-5,7,13H,3,6,8H2,1-2H3,(H,14,16). The molecule has 0 aliphatic heterocycles. The quantitative estimate of drug-likeness (QED) is 0.459. The molecule has 0 saturated heterocycles. The van der Waals surface area contributed by atoms with Crippen molar-refractivity contribution in [3.8, 4) is 0 Å². The molecule has 0 heterocycles. The summed E-state index contributed by atoms with van der Waals surface area (Å²) in [5.74, 6) is -0.207. The zero-order valence-electron chi connectivity index (χ0n) is 10.5. The molecule has 0 aliphatic rings. The highest BCUT2D eigenvalue weighted by Gasteiger charge is 2.11. The Kier molecular flexibility index (Phi) is 5.26. The van der Waals surface area contributed by atoms with Crippen molar-refractivity contribution in [2.75, 3.05) is 18.4 Å². The van der Waals surface area contributed by atoms with Gasteiger partial charge >= 0.3 is 0 Å². The highest BCUT2D eigenvalue weighted by molar-refractivity contribution is 5.92. The predicted octanol–water partition coefficient (Wildman–Crippen LogP) is 1.84. The first kappa shape index (κ1) is 14.1. The van der Waals surface area contributed by atoms with Crippen LogP contribution in [0, 0.1) is 17.0 Å². The van der Waals surface area contributed by atoms with Crippen molar-refractivity contribution in [1.82, 2.24) is 5.32 Å². The van der Waals surface area contributed by atoms with Gasteiger partial charge < -0.3 is 10.6 Å². The molecule has 2 N–H and O–H groups in total. The van der Waals surface area contributed by atoms with Gasteiger partial charge in [0.1, 0.15) is 0 Å². The molecule has 1 rings (SSSR count). The molecule has 0 radical (unpaired) electrons. The lowest BCUT2D eigenvalue weighted by Crippen LogP contribution is -2.28. The number of rotatable bonds is 6. The summed E-state index contributed by atoms with van der Waals surface area (Å²) in [6.45, 7) is 4.64. The Balaban J connectivity index is 2.65. The maximum atomic E-state index is 11.5. The second kappa shape index (κ2) is 6.70. The Bertz CT molecular complexity index is 446. The molecule has 0 unspecified atom stereocenters. The van der Waals surface area contributed by atoms with Crippen molar-refractivity contribution < 1.29 is 9.72 Å². The fraction of sp³-hybridized carbons (Fsp3) is 0.417. The summed E-state index contributed by atoms with van der Waals surface area (Å²) in [5.41, 5.74) is 1.02. The van der Waals surface area contributed by atoms with Crippen LogP contribution < -0.4 is 10.6 Å². The molecule has 0 aliphatic carbocycles. The third kappa shape index (κ3) is 4.14. The van der Waals surface area contributed by atoms with Gasteiger partial charge in [-0.25, -0.2) is 0 Å². The van der Waals surface area contributed by atoms with E-state index in [9.17, 15) is 14.9 Å². The summed E-state index contributed by atoms with van der Waals surface area (Å²) in [7, 11) is 0. The predicted molar refractivity (Wildman–Crippen MR) is 69.6 cm³/mol. The first-order valence-corrected chi connectivity index (χ1v) is 5.80. The van der Waals surface area contributed by atoms with E-state index >= 15 is 0 Å². The Morgan fingerprint density at radius 3 is 2.78 bits per heavy atom. The lowest BCUT2D eigenvalue weighted by molar-refractivity contribution is -0.385. The van der Waals surface area contributed by atoms with Crippen molar-refractivity contribution in [3.05, 3.63) is 33.9 Å². The highest BCUT2D eigenvalue weighted by Crippen LogP contribution is 2.22. The first-order chi connectivity index (χ1) is 8.54. The third-order valence-electron chi connectivity index (χ3n) is 2.40. The molecule has 6 nitrogen and oxygen atoms in total. The summed E-state index contributed by atoms with van der Waals surface area (Å²) in [6.07, 6.45) is 0.948. The normalized spacial score (nSPS) is 10.1. The lowest BCUT2D eigenvalue weighted by atomic mass is 10.2. The minimum Gasteiger partial charge on any atom is -0.325 e. The van der Waals surface area contributed by atoms with Gasteiger partial charge in [0.15, 0.2) is 0 Å². The van der Waals surface area contributed by atoms with Crippen molar-refractivity contribution in [1.29, 1.82) is 0 Å². The van der Waals surface area contributed by atoms with Gasteiger partial charge in [-0.15, -0.1) is 0 Å². The zero-order chi connectivity index (χ0) is 13.5. The highest BCUT2D eigenvalue weighted by atomic mass is 16.6. The van der Waals surface area contributed by atoms with Gasteiger partial charge in [-0.05, 0) is 26.0 Å². The summed E-state index contributed by atoms with van der Waals surface area (Å²) >= 11 is 0. The molecule has 0 bridgehead atoms. The second-order valence-corrected chi connectivity index (χ2v) is 3.98. The van der Waals surface area contributed by atoms with Crippen molar-refractivity contribution in [2.45, 2.75) is 20.3 Å². The Morgan fingerprint density at radius 1 is 1.44 bits per heavy atom. The van der Waals surface area contributed by atoms with E-state index < -0.39 is 4.92 Å². The fourth-order valence-electron chi connectivity index (χ4n) is 1.47. The lowest BCUT2D eigenvalue weighted by Gasteiger charge is -2.06. The van der Waals surface area contributed by atoms with Crippen molar-refractivity contribution in [2.24, 2.45) is 0 Å². The summed E-state index contributed by atoms with van der Waals surface area (Å²) < 4.78 is 0. The maximum absolute atomic E-state index is 11.5.